The van der Waals surface area contributed by atoms with Crippen LogP contribution in [-0.4, -0.2) is 16.1 Å². The van der Waals surface area contributed by atoms with Gasteiger partial charge in [-0.3, -0.25) is 4.98 Å². The van der Waals surface area contributed by atoms with Gasteiger partial charge < -0.3 is 10.8 Å². The second-order valence-corrected chi connectivity index (χ2v) is 3.04. The number of rotatable bonds is 3. The molecule has 0 atom stereocenters. The highest BCUT2D eigenvalue weighted by molar-refractivity contribution is 5.94. The summed E-state index contributed by atoms with van der Waals surface area (Å²) in [6.07, 6.45) is 1.34. The number of aromatic nitrogens is 1. The summed E-state index contributed by atoms with van der Waals surface area (Å²) in [7, 11) is 0. The molecule has 1 rings (SSSR count). The van der Waals surface area contributed by atoms with E-state index >= 15 is 0 Å². The van der Waals surface area contributed by atoms with E-state index in [1.54, 1.807) is 6.07 Å². The van der Waals surface area contributed by atoms with Crippen molar-refractivity contribution in [2.24, 2.45) is 0 Å². The maximum absolute atomic E-state index is 10.9. The van der Waals surface area contributed by atoms with Crippen molar-refractivity contribution in [3.05, 3.63) is 23.0 Å². The average molecular weight is 194 g/mol. The van der Waals surface area contributed by atoms with Gasteiger partial charge in [0.15, 0.2) is 0 Å². The molecular weight excluding hydrogens is 180 g/mol. The topological polar surface area (TPSA) is 76.2 Å². The van der Waals surface area contributed by atoms with Gasteiger partial charge in [0.1, 0.15) is 5.56 Å². The Morgan fingerprint density at radius 3 is 2.57 bits per heavy atom. The zero-order chi connectivity index (χ0) is 10.7. The van der Waals surface area contributed by atoms with Crippen molar-refractivity contribution >= 4 is 11.7 Å². The fraction of sp³-hybridized carbons (Fsp3) is 0.400. The zero-order valence-electron chi connectivity index (χ0n) is 8.37. The minimum Gasteiger partial charge on any atom is -0.478 e. The second-order valence-electron chi connectivity index (χ2n) is 3.04. The van der Waals surface area contributed by atoms with Crippen molar-refractivity contribution in [1.82, 2.24) is 4.98 Å². The number of nitrogens with two attached hydrogens (primary N) is 1. The largest absolute Gasteiger partial charge is 0.478 e. The lowest BCUT2D eigenvalue weighted by Gasteiger charge is -2.08. The summed E-state index contributed by atoms with van der Waals surface area (Å²) in [5.41, 5.74) is 7.50. The highest BCUT2D eigenvalue weighted by Crippen LogP contribution is 2.17. The predicted molar refractivity (Wildman–Crippen MR) is 54.4 cm³/mol. The molecule has 1 heterocycles. The van der Waals surface area contributed by atoms with Gasteiger partial charge >= 0.3 is 5.97 Å². The van der Waals surface area contributed by atoms with Gasteiger partial charge in [-0.15, -0.1) is 0 Å². The third kappa shape index (κ3) is 1.84. The van der Waals surface area contributed by atoms with Crippen LogP contribution in [0.1, 0.15) is 35.6 Å². The van der Waals surface area contributed by atoms with E-state index in [9.17, 15) is 4.79 Å². The van der Waals surface area contributed by atoms with Crippen LogP contribution in [0, 0.1) is 0 Å². The van der Waals surface area contributed by atoms with Gasteiger partial charge in [-0.25, -0.2) is 4.79 Å². The molecule has 0 aliphatic heterocycles. The molecule has 76 valence electrons. The van der Waals surface area contributed by atoms with E-state index in [-0.39, 0.29) is 5.56 Å². The molecule has 0 aliphatic rings. The van der Waals surface area contributed by atoms with Crippen molar-refractivity contribution < 1.29 is 9.90 Å². The Bertz CT molecular complexity index is 361. The van der Waals surface area contributed by atoms with Crippen LogP contribution in [0.3, 0.4) is 0 Å². The normalized spacial score (nSPS) is 10.1. The molecule has 0 radical (unpaired) electrons. The Morgan fingerprint density at radius 2 is 2.14 bits per heavy atom. The van der Waals surface area contributed by atoms with E-state index in [2.05, 4.69) is 4.98 Å². The molecule has 3 N–H and O–H groups in total. The summed E-state index contributed by atoms with van der Waals surface area (Å²) in [6, 6.07) is 1.63. The van der Waals surface area contributed by atoms with E-state index in [1.807, 2.05) is 13.8 Å². The van der Waals surface area contributed by atoms with E-state index in [1.165, 1.54) is 0 Å². The molecular formula is C10H14N2O2. The Kier molecular flexibility index (Phi) is 3.06. The number of carboxylic acid groups (broad SMARTS) is 1. The van der Waals surface area contributed by atoms with Gasteiger partial charge in [-0.05, 0) is 18.9 Å². The molecule has 14 heavy (non-hydrogen) atoms. The second kappa shape index (κ2) is 4.09. The molecule has 0 bridgehead atoms. The van der Waals surface area contributed by atoms with Crippen LogP contribution in [0.15, 0.2) is 6.07 Å². The molecule has 4 heteroatoms. The Balaban J connectivity index is 3.34. The fourth-order valence-electron chi connectivity index (χ4n) is 1.36. The number of aryl methyl sites for hydroxylation is 2. The first-order valence-electron chi connectivity index (χ1n) is 4.61. The van der Waals surface area contributed by atoms with Gasteiger partial charge in [-0.2, -0.15) is 0 Å². The zero-order valence-corrected chi connectivity index (χ0v) is 8.37. The molecule has 0 unspecified atom stereocenters. The number of aromatic carboxylic acids is 1. The molecule has 1 aromatic heterocycles. The van der Waals surface area contributed by atoms with Crippen LogP contribution in [0.25, 0.3) is 0 Å². The van der Waals surface area contributed by atoms with Gasteiger partial charge in [0.2, 0.25) is 0 Å². The van der Waals surface area contributed by atoms with Crippen molar-refractivity contribution in [3.63, 3.8) is 0 Å². The molecule has 0 saturated carbocycles. The first-order chi connectivity index (χ1) is 6.60. The van der Waals surface area contributed by atoms with E-state index in [4.69, 9.17) is 10.8 Å². The number of pyridine rings is 1. The summed E-state index contributed by atoms with van der Waals surface area (Å²) in [6.45, 7) is 3.83. The number of carbonyl (C=O) groups is 1. The van der Waals surface area contributed by atoms with Gasteiger partial charge in [0, 0.05) is 11.4 Å². The van der Waals surface area contributed by atoms with E-state index in [0.717, 1.165) is 12.1 Å². The maximum Gasteiger partial charge on any atom is 0.339 e. The standard InChI is InChI=1S/C10H14N2O2/c1-3-6-5-7(11)9(10(13)14)8(4-2)12-6/h5H,3-4H2,1-2H3,(H2,11,12)(H,13,14). The van der Waals surface area contributed by atoms with Crippen molar-refractivity contribution in [1.29, 1.82) is 0 Å². The maximum atomic E-state index is 10.9. The first kappa shape index (κ1) is 10.5. The molecule has 0 fully saturated rings. The number of anilines is 1. The number of nitrogens with zero attached hydrogens (tertiary/aromatic N) is 1. The molecule has 0 spiro atoms. The minimum atomic E-state index is -1.01. The van der Waals surface area contributed by atoms with Crippen LogP contribution < -0.4 is 5.73 Å². The third-order valence-electron chi connectivity index (χ3n) is 2.09. The SMILES string of the molecule is CCc1cc(N)c(C(=O)O)c(CC)n1. The van der Waals surface area contributed by atoms with Crippen LogP contribution in [-0.2, 0) is 12.8 Å². The third-order valence-corrected chi connectivity index (χ3v) is 2.09. The van der Waals surface area contributed by atoms with Crippen LogP contribution in [0.5, 0.6) is 0 Å². The van der Waals surface area contributed by atoms with Crippen molar-refractivity contribution in [3.8, 4) is 0 Å². The highest BCUT2D eigenvalue weighted by atomic mass is 16.4. The minimum absolute atomic E-state index is 0.143. The number of nitrogen functional groups attached to an aromatic ring is 1. The van der Waals surface area contributed by atoms with Crippen LogP contribution in [0.4, 0.5) is 5.69 Å². The Morgan fingerprint density at radius 1 is 1.50 bits per heavy atom. The molecule has 1 aromatic rings. The quantitative estimate of drug-likeness (QED) is 0.764. The lowest BCUT2D eigenvalue weighted by molar-refractivity contribution is 0.0696. The molecule has 0 saturated heterocycles. The number of hydrogen-bond acceptors (Lipinski definition) is 3. The van der Waals surface area contributed by atoms with Crippen LogP contribution >= 0.6 is 0 Å². The fourth-order valence-corrected chi connectivity index (χ4v) is 1.36. The summed E-state index contributed by atoms with van der Waals surface area (Å²) in [5.74, 6) is -1.01. The summed E-state index contributed by atoms with van der Waals surface area (Å²) in [4.78, 5) is 15.1. The van der Waals surface area contributed by atoms with E-state index in [0.29, 0.717) is 17.8 Å². The lowest BCUT2D eigenvalue weighted by Crippen LogP contribution is -2.10. The monoisotopic (exact) mass is 194 g/mol. The molecule has 0 aliphatic carbocycles. The predicted octanol–water partition coefficient (Wildman–Crippen LogP) is 1.49. The first-order valence-corrected chi connectivity index (χ1v) is 4.61. The van der Waals surface area contributed by atoms with Crippen LogP contribution in [0.2, 0.25) is 0 Å². The smallest absolute Gasteiger partial charge is 0.339 e. The summed E-state index contributed by atoms with van der Waals surface area (Å²) >= 11 is 0. The molecule has 4 nitrogen and oxygen atoms in total. The Labute approximate surface area is 82.8 Å². The number of hydrogen-bond donors (Lipinski definition) is 2. The average Bonchev–Trinajstić information content (AvgIpc) is 2.15. The highest BCUT2D eigenvalue weighted by Gasteiger charge is 2.15. The van der Waals surface area contributed by atoms with Crippen molar-refractivity contribution in [2.75, 3.05) is 5.73 Å². The van der Waals surface area contributed by atoms with E-state index < -0.39 is 5.97 Å². The summed E-state index contributed by atoms with van der Waals surface area (Å²) in [5, 5.41) is 8.92. The van der Waals surface area contributed by atoms with Crippen molar-refractivity contribution in [2.45, 2.75) is 26.7 Å². The van der Waals surface area contributed by atoms with Gasteiger partial charge in [0.25, 0.3) is 0 Å². The molecule has 0 aromatic carbocycles. The molecule has 0 amide bonds. The lowest BCUT2D eigenvalue weighted by atomic mass is 10.1. The number of carboxylic acids is 1. The summed E-state index contributed by atoms with van der Waals surface area (Å²) < 4.78 is 0. The van der Waals surface area contributed by atoms with Gasteiger partial charge in [-0.1, -0.05) is 13.8 Å². The Hall–Kier alpha value is -1.58. The van der Waals surface area contributed by atoms with Gasteiger partial charge in [0.05, 0.1) is 5.69 Å².